The van der Waals surface area contributed by atoms with E-state index in [0.29, 0.717) is 6.04 Å². The van der Waals surface area contributed by atoms with Crippen LogP contribution in [0.15, 0.2) is 6.07 Å². The molecule has 1 fully saturated rings. The van der Waals surface area contributed by atoms with Gasteiger partial charge >= 0.3 is 0 Å². The molecule has 1 unspecified atom stereocenters. The topological polar surface area (TPSA) is 37.8 Å². The van der Waals surface area contributed by atoms with Gasteiger partial charge in [0.15, 0.2) is 0 Å². The molecule has 1 atom stereocenters. The van der Waals surface area contributed by atoms with Crippen molar-refractivity contribution in [3.05, 3.63) is 23.3 Å². The van der Waals surface area contributed by atoms with Crippen LogP contribution in [0.25, 0.3) is 0 Å². The Morgan fingerprint density at radius 1 is 1.40 bits per heavy atom. The predicted molar refractivity (Wildman–Crippen MR) is 60.7 cm³/mol. The molecule has 0 spiro atoms. The van der Waals surface area contributed by atoms with E-state index in [4.69, 9.17) is 0 Å². The molecule has 0 saturated carbocycles. The second-order valence-corrected chi connectivity index (χ2v) is 4.21. The van der Waals surface area contributed by atoms with Crippen molar-refractivity contribution in [3.8, 4) is 0 Å². The normalized spacial score (nSPS) is 21.6. The Morgan fingerprint density at radius 3 is 2.93 bits per heavy atom. The van der Waals surface area contributed by atoms with Crippen molar-refractivity contribution in [2.24, 2.45) is 0 Å². The zero-order valence-electron chi connectivity index (χ0n) is 9.58. The average molecular weight is 205 g/mol. The third-order valence-electron chi connectivity index (χ3n) is 2.91. The van der Waals surface area contributed by atoms with Crippen molar-refractivity contribution in [2.75, 3.05) is 6.54 Å². The summed E-state index contributed by atoms with van der Waals surface area (Å²) in [6.45, 7) is 5.29. The Balaban J connectivity index is 2.22. The van der Waals surface area contributed by atoms with Gasteiger partial charge in [-0.25, -0.2) is 9.97 Å². The molecule has 0 aliphatic carbocycles. The highest BCUT2D eigenvalue weighted by Gasteiger charge is 2.17. The molecule has 2 rings (SSSR count). The summed E-state index contributed by atoms with van der Waals surface area (Å²) < 4.78 is 0. The minimum absolute atomic E-state index is 0.379. The first-order valence-electron chi connectivity index (χ1n) is 5.87. The maximum absolute atomic E-state index is 4.60. The van der Waals surface area contributed by atoms with E-state index in [-0.39, 0.29) is 0 Å². The van der Waals surface area contributed by atoms with Gasteiger partial charge in [0, 0.05) is 11.4 Å². The SMILES string of the molecule is CCc1cc(C)nc(C2CCCCN2)n1. The van der Waals surface area contributed by atoms with Gasteiger partial charge in [-0.05, 0) is 38.8 Å². The Kier molecular flexibility index (Phi) is 3.31. The summed E-state index contributed by atoms with van der Waals surface area (Å²) in [5, 5.41) is 3.49. The third kappa shape index (κ3) is 2.53. The first-order chi connectivity index (χ1) is 7.29. The van der Waals surface area contributed by atoms with Gasteiger partial charge in [-0.2, -0.15) is 0 Å². The van der Waals surface area contributed by atoms with Gasteiger partial charge in [-0.3, -0.25) is 0 Å². The lowest BCUT2D eigenvalue weighted by atomic mass is 10.0. The molecule has 1 N–H and O–H groups in total. The van der Waals surface area contributed by atoms with Gasteiger partial charge < -0.3 is 5.32 Å². The Bertz CT molecular complexity index is 330. The predicted octanol–water partition coefficient (Wildman–Crippen LogP) is 2.16. The first kappa shape index (κ1) is 10.6. The van der Waals surface area contributed by atoms with Gasteiger partial charge in [0.05, 0.1) is 6.04 Å². The molecule has 2 heterocycles. The van der Waals surface area contributed by atoms with Gasteiger partial charge in [-0.15, -0.1) is 0 Å². The number of aryl methyl sites for hydroxylation is 2. The lowest BCUT2D eigenvalue weighted by Gasteiger charge is -2.22. The maximum atomic E-state index is 4.60. The van der Waals surface area contributed by atoms with Crippen molar-refractivity contribution in [1.29, 1.82) is 0 Å². The monoisotopic (exact) mass is 205 g/mol. The summed E-state index contributed by atoms with van der Waals surface area (Å²) in [5.74, 6) is 0.992. The molecule has 1 saturated heterocycles. The van der Waals surface area contributed by atoms with E-state index < -0.39 is 0 Å². The van der Waals surface area contributed by atoms with E-state index in [9.17, 15) is 0 Å². The molecule has 0 radical (unpaired) electrons. The molecule has 3 nitrogen and oxygen atoms in total. The highest BCUT2D eigenvalue weighted by molar-refractivity contribution is 5.12. The molecule has 15 heavy (non-hydrogen) atoms. The van der Waals surface area contributed by atoms with Crippen molar-refractivity contribution in [1.82, 2.24) is 15.3 Å². The highest BCUT2D eigenvalue weighted by Crippen LogP contribution is 2.20. The first-order valence-corrected chi connectivity index (χ1v) is 5.87. The number of aromatic nitrogens is 2. The van der Waals surface area contributed by atoms with Crippen LogP contribution >= 0.6 is 0 Å². The summed E-state index contributed by atoms with van der Waals surface area (Å²) in [6.07, 6.45) is 4.73. The molecule has 0 aromatic carbocycles. The van der Waals surface area contributed by atoms with Crippen molar-refractivity contribution in [3.63, 3.8) is 0 Å². The minimum Gasteiger partial charge on any atom is -0.307 e. The number of nitrogens with zero attached hydrogens (tertiary/aromatic N) is 2. The summed E-state index contributed by atoms with van der Waals surface area (Å²) in [7, 11) is 0. The van der Waals surface area contributed by atoms with E-state index in [1.165, 1.54) is 19.3 Å². The smallest absolute Gasteiger partial charge is 0.145 e. The van der Waals surface area contributed by atoms with Gasteiger partial charge in [0.1, 0.15) is 5.82 Å². The molecule has 1 aromatic rings. The van der Waals surface area contributed by atoms with E-state index in [2.05, 4.69) is 28.3 Å². The second kappa shape index (κ2) is 4.71. The number of nitrogens with one attached hydrogen (secondary N) is 1. The van der Waals surface area contributed by atoms with Crippen LogP contribution in [-0.2, 0) is 6.42 Å². The Morgan fingerprint density at radius 2 is 2.27 bits per heavy atom. The molecule has 0 bridgehead atoms. The van der Waals surface area contributed by atoms with Gasteiger partial charge in [0.25, 0.3) is 0 Å². The second-order valence-electron chi connectivity index (χ2n) is 4.21. The van der Waals surface area contributed by atoms with E-state index >= 15 is 0 Å². The van der Waals surface area contributed by atoms with Crippen molar-refractivity contribution < 1.29 is 0 Å². The van der Waals surface area contributed by atoms with E-state index in [1.807, 2.05) is 6.92 Å². The van der Waals surface area contributed by atoms with E-state index in [0.717, 1.165) is 30.2 Å². The Hall–Kier alpha value is -0.960. The fourth-order valence-corrected chi connectivity index (χ4v) is 2.07. The van der Waals surface area contributed by atoms with Crippen LogP contribution in [0.5, 0.6) is 0 Å². The molecule has 3 heteroatoms. The lowest BCUT2D eigenvalue weighted by Crippen LogP contribution is -2.28. The largest absolute Gasteiger partial charge is 0.307 e. The standard InChI is InChI=1S/C12H19N3/c1-3-10-8-9(2)14-12(15-10)11-6-4-5-7-13-11/h8,11,13H,3-7H2,1-2H3. The zero-order valence-corrected chi connectivity index (χ0v) is 9.58. The summed E-state index contributed by atoms with van der Waals surface area (Å²) in [6, 6.07) is 2.45. The van der Waals surface area contributed by atoms with Crippen molar-refractivity contribution >= 4 is 0 Å². The molecule has 1 aliphatic rings. The fraction of sp³-hybridized carbons (Fsp3) is 0.667. The Labute approximate surface area is 91.3 Å². The molecule has 0 amide bonds. The lowest BCUT2D eigenvalue weighted by molar-refractivity contribution is 0.396. The van der Waals surface area contributed by atoms with Crippen molar-refractivity contribution in [2.45, 2.75) is 45.6 Å². The number of rotatable bonds is 2. The summed E-state index contributed by atoms with van der Waals surface area (Å²) in [5.41, 5.74) is 2.24. The van der Waals surface area contributed by atoms with Crippen LogP contribution in [0, 0.1) is 6.92 Å². The molecule has 1 aliphatic heterocycles. The number of hydrogen-bond acceptors (Lipinski definition) is 3. The summed E-state index contributed by atoms with van der Waals surface area (Å²) >= 11 is 0. The van der Waals surface area contributed by atoms with Crippen LogP contribution in [0.3, 0.4) is 0 Å². The molecular formula is C12H19N3. The average Bonchev–Trinajstić information content (AvgIpc) is 2.29. The molecular weight excluding hydrogens is 186 g/mol. The van der Waals surface area contributed by atoms with Crippen LogP contribution in [0.2, 0.25) is 0 Å². The quantitative estimate of drug-likeness (QED) is 0.804. The number of piperidine rings is 1. The van der Waals surface area contributed by atoms with Gasteiger partial charge in [-0.1, -0.05) is 13.3 Å². The van der Waals surface area contributed by atoms with E-state index in [1.54, 1.807) is 0 Å². The fourth-order valence-electron chi connectivity index (χ4n) is 2.07. The van der Waals surface area contributed by atoms with Gasteiger partial charge in [0.2, 0.25) is 0 Å². The minimum atomic E-state index is 0.379. The maximum Gasteiger partial charge on any atom is 0.145 e. The molecule has 82 valence electrons. The zero-order chi connectivity index (χ0) is 10.7. The van der Waals surface area contributed by atoms with Crippen LogP contribution in [0.1, 0.15) is 49.4 Å². The van der Waals surface area contributed by atoms with Crippen LogP contribution in [-0.4, -0.2) is 16.5 Å². The third-order valence-corrected chi connectivity index (χ3v) is 2.91. The van der Waals surface area contributed by atoms with Crippen LogP contribution < -0.4 is 5.32 Å². The van der Waals surface area contributed by atoms with Crippen LogP contribution in [0.4, 0.5) is 0 Å². The molecule has 1 aromatic heterocycles. The highest BCUT2D eigenvalue weighted by atomic mass is 15.0. The summed E-state index contributed by atoms with van der Waals surface area (Å²) in [4.78, 5) is 9.13. The number of hydrogen-bond donors (Lipinski definition) is 1.